The zero-order valence-electron chi connectivity index (χ0n) is 22.4. The highest BCUT2D eigenvalue weighted by Crippen LogP contribution is 2.29. The Kier molecular flexibility index (Phi) is 7.69. The summed E-state index contributed by atoms with van der Waals surface area (Å²) in [6.07, 6.45) is 2.62. The Balaban J connectivity index is 1.74. The summed E-state index contributed by atoms with van der Waals surface area (Å²) in [6, 6.07) is 16.7. The molecule has 7 heteroatoms. The van der Waals surface area contributed by atoms with Crippen LogP contribution in [-0.2, 0) is 18.5 Å². The summed E-state index contributed by atoms with van der Waals surface area (Å²) in [5.41, 5.74) is 4.98. The highest BCUT2D eigenvalue weighted by atomic mass is 16.1. The van der Waals surface area contributed by atoms with E-state index in [1.807, 2.05) is 16.8 Å². The van der Waals surface area contributed by atoms with Crippen LogP contribution in [0.25, 0.3) is 10.9 Å². The quantitative estimate of drug-likeness (QED) is 0.321. The molecular weight excluding hydrogens is 448 g/mol. The normalized spacial score (nSPS) is 13.0. The lowest BCUT2D eigenvalue weighted by Crippen LogP contribution is -2.37. The minimum atomic E-state index is -0.202. The molecule has 0 spiro atoms. The van der Waals surface area contributed by atoms with Gasteiger partial charge in [0.05, 0.1) is 11.6 Å². The molecule has 0 aliphatic rings. The molecule has 4 rings (SSSR count). The minimum absolute atomic E-state index is 0.0243. The molecule has 0 fully saturated rings. The van der Waals surface area contributed by atoms with Crippen molar-refractivity contribution in [1.82, 2.24) is 30.1 Å². The van der Waals surface area contributed by atoms with E-state index < -0.39 is 0 Å². The van der Waals surface area contributed by atoms with Gasteiger partial charge in [-0.25, -0.2) is 4.68 Å². The molecule has 1 atom stereocenters. The minimum Gasteiger partial charge on any atom is -0.322 e. The molecule has 0 bridgehead atoms. The van der Waals surface area contributed by atoms with Gasteiger partial charge in [0.2, 0.25) is 0 Å². The largest absolute Gasteiger partial charge is 0.322 e. The number of hydrogen-bond donors (Lipinski definition) is 1. The van der Waals surface area contributed by atoms with Crippen molar-refractivity contribution in [3.63, 3.8) is 0 Å². The van der Waals surface area contributed by atoms with Crippen molar-refractivity contribution in [2.24, 2.45) is 0 Å². The molecule has 1 unspecified atom stereocenters. The smallest absolute Gasteiger partial charge is 0.252 e. The average Bonchev–Trinajstić information content (AvgIpc) is 3.35. The van der Waals surface area contributed by atoms with Crippen LogP contribution in [0.3, 0.4) is 0 Å². The molecule has 0 saturated heterocycles. The van der Waals surface area contributed by atoms with Crippen LogP contribution in [-0.4, -0.2) is 36.6 Å². The average molecular weight is 487 g/mol. The molecular formula is C29H38N6O. The van der Waals surface area contributed by atoms with E-state index in [-0.39, 0.29) is 17.1 Å². The molecule has 1 N–H and O–H groups in total. The van der Waals surface area contributed by atoms with E-state index in [9.17, 15) is 4.79 Å². The fraction of sp³-hybridized carbons (Fsp3) is 0.448. The first kappa shape index (κ1) is 25.8. The summed E-state index contributed by atoms with van der Waals surface area (Å²) in [5.74, 6) is 0.849. The predicted octanol–water partition coefficient (Wildman–Crippen LogP) is 5.47. The fourth-order valence-corrected chi connectivity index (χ4v) is 4.90. The summed E-state index contributed by atoms with van der Waals surface area (Å²) in [7, 11) is 0. The second-order valence-corrected chi connectivity index (χ2v) is 10.4. The molecule has 36 heavy (non-hydrogen) atoms. The number of rotatable bonds is 10. The summed E-state index contributed by atoms with van der Waals surface area (Å²) in [6.45, 7) is 14.1. The van der Waals surface area contributed by atoms with Crippen LogP contribution in [0.5, 0.6) is 0 Å². The van der Waals surface area contributed by atoms with Gasteiger partial charge in [-0.3, -0.25) is 9.69 Å². The summed E-state index contributed by atoms with van der Waals surface area (Å²) in [4.78, 5) is 18.7. The highest BCUT2D eigenvalue weighted by Gasteiger charge is 2.31. The second-order valence-electron chi connectivity index (χ2n) is 10.4. The number of nitrogens with zero attached hydrogens (tertiary/aromatic N) is 5. The van der Waals surface area contributed by atoms with Crippen LogP contribution in [0.4, 0.5) is 0 Å². The van der Waals surface area contributed by atoms with Gasteiger partial charge in [0.25, 0.3) is 5.56 Å². The Bertz CT molecular complexity index is 1370. The molecule has 190 valence electrons. The molecule has 2 aromatic carbocycles. The number of H-pyrrole nitrogens is 1. The highest BCUT2D eigenvalue weighted by molar-refractivity contribution is 5.83. The van der Waals surface area contributed by atoms with Gasteiger partial charge in [-0.05, 0) is 86.2 Å². The molecule has 2 aromatic heterocycles. The third-order valence-corrected chi connectivity index (χ3v) is 7.35. The number of aryl methyl sites for hydroxylation is 2. The standard InChI is InChI=1S/C29H38N6O/c1-7-26(27-31-32-33-35(27)29(5,6)8-2)34(15-14-22-12-10-9-11-13-22)19-23-18-24-21(4)16-20(3)17-25(24)30-28(23)36/h9-13,16-18,26H,7-8,14-15,19H2,1-6H3,(H,30,36). The second kappa shape index (κ2) is 10.7. The Hall–Kier alpha value is -3.32. The lowest BCUT2D eigenvalue weighted by molar-refractivity contribution is 0.160. The number of aromatic amines is 1. The van der Waals surface area contributed by atoms with Crippen molar-refractivity contribution < 1.29 is 0 Å². The first-order valence-corrected chi connectivity index (χ1v) is 12.9. The molecule has 0 aliphatic carbocycles. The monoisotopic (exact) mass is 486 g/mol. The van der Waals surface area contributed by atoms with Gasteiger partial charge in [0.1, 0.15) is 0 Å². The Labute approximate surface area is 213 Å². The number of hydrogen-bond acceptors (Lipinski definition) is 5. The predicted molar refractivity (Wildman–Crippen MR) is 145 cm³/mol. The van der Waals surface area contributed by atoms with Gasteiger partial charge in [-0.2, -0.15) is 0 Å². The first-order chi connectivity index (χ1) is 17.2. The summed E-state index contributed by atoms with van der Waals surface area (Å²) < 4.78 is 1.97. The number of pyridine rings is 1. The number of benzene rings is 2. The van der Waals surface area contributed by atoms with Crippen molar-refractivity contribution >= 4 is 10.9 Å². The Morgan fingerprint density at radius 2 is 1.83 bits per heavy atom. The number of tetrazole rings is 1. The maximum atomic E-state index is 13.2. The maximum Gasteiger partial charge on any atom is 0.252 e. The van der Waals surface area contributed by atoms with E-state index in [1.165, 1.54) is 11.1 Å². The summed E-state index contributed by atoms with van der Waals surface area (Å²) in [5, 5.41) is 14.0. The number of aromatic nitrogens is 5. The van der Waals surface area contributed by atoms with Crippen molar-refractivity contribution in [2.75, 3.05) is 6.54 Å². The fourth-order valence-electron chi connectivity index (χ4n) is 4.90. The van der Waals surface area contributed by atoms with Gasteiger partial charge >= 0.3 is 0 Å². The van der Waals surface area contributed by atoms with Gasteiger partial charge in [-0.1, -0.05) is 50.2 Å². The third-order valence-electron chi connectivity index (χ3n) is 7.35. The van der Waals surface area contributed by atoms with E-state index in [2.05, 4.69) is 103 Å². The van der Waals surface area contributed by atoms with Crippen molar-refractivity contribution in [3.8, 4) is 0 Å². The molecule has 0 amide bonds. The topological polar surface area (TPSA) is 79.7 Å². The first-order valence-electron chi connectivity index (χ1n) is 12.9. The molecule has 0 saturated carbocycles. The van der Waals surface area contributed by atoms with E-state index in [1.54, 1.807) is 0 Å². The van der Waals surface area contributed by atoms with E-state index in [0.29, 0.717) is 6.54 Å². The lowest BCUT2D eigenvalue weighted by Gasteiger charge is -2.33. The number of fused-ring (bicyclic) bond motifs is 1. The van der Waals surface area contributed by atoms with Gasteiger partial charge in [0.15, 0.2) is 5.82 Å². The zero-order valence-corrected chi connectivity index (χ0v) is 22.4. The SMILES string of the molecule is CCC(c1nnnn1C(C)(C)CC)N(CCc1ccccc1)Cc1cc2c(C)cc(C)cc2[nH]c1=O. The zero-order chi connectivity index (χ0) is 25.9. The van der Waals surface area contributed by atoms with E-state index in [0.717, 1.165) is 53.7 Å². The van der Waals surface area contributed by atoms with Crippen LogP contribution in [0.2, 0.25) is 0 Å². The van der Waals surface area contributed by atoms with E-state index in [4.69, 9.17) is 0 Å². The molecule has 0 aliphatic heterocycles. The van der Waals surface area contributed by atoms with Crippen LogP contribution >= 0.6 is 0 Å². The van der Waals surface area contributed by atoms with Crippen LogP contribution in [0.1, 0.15) is 74.7 Å². The van der Waals surface area contributed by atoms with Gasteiger partial charge in [-0.15, -0.1) is 5.10 Å². The van der Waals surface area contributed by atoms with Crippen LogP contribution in [0, 0.1) is 13.8 Å². The van der Waals surface area contributed by atoms with Crippen LogP contribution < -0.4 is 5.56 Å². The van der Waals surface area contributed by atoms with Crippen molar-refractivity contribution in [1.29, 1.82) is 0 Å². The maximum absolute atomic E-state index is 13.2. The Morgan fingerprint density at radius 3 is 2.53 bits per heavy atom. The number of nitrogens with one attached hydrogen (secondary N) is 1. The van der Waals surface area contributed by atoms with Gasteiger partial charge in [0, 0.05) is 29.6 Å². The molecule has 4 aromatic rings. The van der Waals surface area contributed by atoms with Gasteiger partial charge < -0.3 is 4.98 Å². The van der Waals surface area contributed by atoms with Crippen LogP contribution in [0.15, 0.2) is 53.3 Å². The molecule has 7 nitrogen and oxygen atoms in total. The third kappa shape index (κ3) is 5.41. The Morgan fingerprint density at radius 1 is 1.08 bits per heavy atom. The molecule has 0 radical (unpaired) electrons. The van der Waals surface area contributed by atoms with E-state index >= 15 is 0 Å². The molecule has 2 heterocycles. The van der Waals surface area contributed by atoms with Crippen molar-refractivity contribution in [2.45, 2.75) is 78.9 Å². The summed E-state index contributed by atoms with van der Waals surface area (Å²) >= 11 is 0. The lowest BCUT2D eigenvalue weighted by atomic mass is 10.0. The van der Waals surface area contributed by atoms with Crippen molar-refractivity contribution in [3.05, 3.63) is 87.0 Å².